The van der Waals surface area contributed by atoms with Crippen molar-refractivity contribution in [2.75, 3.05) is 11.1 Å². The molecular weight excluding hydrogens is 464 g/mol. The number of aromatic nitrogens is 2. The summed E-state index contributed by atoms with van der Waals surface area (Å²) in [6.45, 7) is 9.03. The third kappa shape index (κ3) is 4.26. The van der Waals surface area contributed by atoms with Crippen molar-refractivity contribution in [3.05, 3.63) is 150 Å². The quantitative estimate of drug-likeness (QED) is 0.178. The average Bonchev–Trinajstić information content (AvgIpc) is 3.41. The number of anilines is 2. The van der Waals surface area contributed by atoms with Gasteiger partial charge < -0.3 is 11.1 Å². The van der Waals surface area contributed by atoms with Gasteiger partial charge in [-0.15, -0.1) is 0 Å². The minimum atomic E-state index is -0.651. The molecule has 1 heterocycles. The van der Waals surface area contributed by atoms with Crippen LogP contribution >= 0.6 is 0 Å². The van der Waals surface area contributed by atoms with Crippen molar-refractivity contribution in [3.63, 3.8) is 0 Å². The topological polar surface area (TPSA) is 55.9 Å². The van der Waals surface area contributed by atoms with Crippen LogP contribution in [0.15, 0.2) is 128 Å². The Hall–Kier alpha value is -4.31. The predicted molar refractivity (Wildman–Crippen MR) is 158 cm³/mol. The van der Waals surface area contributed by atoms with E-state index in [2.05, 4.69) is 147 Å². The molecule has 0 aliphatic carbocycles. The lowest BCUT2D eigenvalue weighted by Gasteiger charge is -2.45. The van der Waals surface area contributed by atoms with Crippen LogP contribution in [0.4, 0.5) is 11.5 Å². The molecule has 0 aliphatic heterocycles. The van der Waals surface area contributed by atoms with Crippen LogP contribution in [0, 0.1) is 5.41 Å². The smallest absolute Gasteiger partial charge is 0.126 e. The first-order valence-corrected chi connectivity index (χ1v) is 13.1. The van der Waals surface area contributed by atoms with Crippen LogP contribution in [0.3, 0.4) is 0 Å². The van der Waals surface area contributed by atoms with Crippen molar-refractivity contribution in [2.24, 2.45) is 5.41 Å². The van der Waals surface area contributed by atoms with E-state index in [9.17, 15) is 0 Å². The summed E-state index contributed by atoms with van der Waals surface area (Å²) in [7, 11) is 0. The summed E-state index contributed by atoms with van der Waals surface area (Å²) >= 11 is 0. The molecule has 192 valence electrons. The molecule has 4 nitrogen and oxygen atoms in total. The van der Waals surface area contributed by atoms with E-state index in [-0.39, 0.29) is 5.41 Å². The second kappa shape index (κ2) is 9.86. The van der Waals surface area contributed by atoms with Crippen LogP contribution in [-0.2, 0) is 11.1 Å². The van der Waals surface area contributed by atoms with Crippen molar-refractivity contribution in [1.82, 2.24) is 9.78 Å². The molecule has 4 heteroatoms. The summed E-state index contributed by atoms with van der Waals surface area (Å²) in [6.07, 6.45) is 1.88. The zero-order chi connectivity index (χ0) is 26.8. The third-order valence-corrected chi connectivity index (χ3v) is 7.94. The van der Waals surface area contributed by atoms with Crippen molar-refractivity contribution in [2.45, 2.75) is 38.8 Å². The highest BCUT2D eigenvalue weighted by atomic mass is 15.4. The highest BCUT2D eigenvalue weighted by molar-refractivity contribution is 5.59. The molecule has 1 aromatic heterocycles. The lowest BCUT2D eigenvalue weighted by atomic mass is 9.70. The summed E-state index contributed by atoms with van der Waals surface area (Å²) in [5.41, 5.74) is 10.1. The predicted octanol–water partition coefficient (Wildman–Crippen LogP) is 7.68. The number of nitrogens with one attached hydrogen (secondary N) is 1. The number of hydrogen-bond acceptors (Lipinski definition) is 3. The van der Waals surface area contributed by atoms with Crippen LogP contribution in [0.25, 0.3) is 0 Å². The molecule has 0 aliphatic rings. The van der Waals surface area contributed by atoms with Crippen molar-refractivity contribution < 1.29 is 0 Å². The maximum Gasteiger partial charge on any atom is 0.126 e. The molecule has 1 unspecified atom stereocenters. The molecule has 0 fully saturated rings. The molecule has 0 saturated heterocycles. The number of nitrogens with zero attached hydrogens (tertiary/aromatic N) is 2. The lowest BCUT2D eigenvalue weighted by molar-refractivity contribution is 0.150. The monoisotopic (exact) mass is 500 g/mol. The molecule has 0 spiro atoms. The molecule has 0 saturated carbocycles. The fourth-order valence-corrected chi connectivity index (χ4v) is 5.41. The Morgan fingerprint density at radius 1 is 0.579 bits per heavy atom. The fraction of sp³-hybridized carbons (Fsp3) is 0.206. The van der Waals surface area contributed by atoms with E-state index in [0.717, 1.165) is 33.8 Å². The van der Waals surface area contributed by atoms with Crippen molar-refractivity contribution in [3.8, 4) is 0 Å². The molecule has 3 N–H and O–H groups in total. The van der Waals surface area contributed by atoms with Crippen LogP contribution in [0.1, 0.15) is 49.9 Å². The molecule has 1 atom stereocenters. The molecule has 4 aromatic carbocycles. The zero-order valence-electron chi connectivity index (χ0n) is 22.6. The maximum absolute atomic E-state index is 6.07. The second-order valence-electron chi connectivity index (χ2n) is 11.0. The highest BCUT2D eigenvalue weighted by Gasteiger charge is 2.44. The molecular formula is C34H36N4. The van der Waals surface area contributed by atoms with Crippen LogP contribution in [-0.4, -0.2) is 9.78 Å². The van der Waals surface area contributed by atoms with E-state index < -0.39 is 11.1 Å². The summed E-state index contributed by atoms with van der Waals surface area (Å²) in [6, 6.07) is 42.2. The first-order valence-electron chi connectivity index (χ1n) is 13.1. The van der Waals surface area contributed by atoms with Crippen molar-refractivity contribution in [1.29, 1.82) is 0 Å². The Labute approximate surface area is 226 Å². The minimum Gasteiger partial charge on any atom is -0.399 e. The molecule has 0 amide bonds. The van der Waals surface area contributed by atoms with Crippen molar-refractivity contribution >= 4 is 11.5 Å². The third-order valence-electron chi connectivity index (χ3n) is 7.94. The summed E-state index contributed by atoms with van der Waals surface area (Å²) in [5, 5.41) is 8.97. The van der Waals surface area contributed by atoms with Gasteiger partial charge in [0.15, 0.2) is 0 Å². The SMILES string of the molecule is CC(C)(C)C(C)(c1ccc(N)cc1)n1nccc1NC(c1ccccc1)(c1ccccc1)c1ccccc1. The Morgan fingerprint density at radius 2 is 1.03 bits per heavy atom. The number of hydrogen-bond donors (Lipinski definition) is 2. The Bertz CT molecular complexity index is 1370. The van der Waals surface area contributed by atoms with Gasteiger partial charge in [0.2, 0.25) is 0 Å². The Morgan fingerprint density at radius 3 is 1.45 bits per heavy atom. The minimum absolute atomic E-state index is 0.166. The van der Waals surface area contributed by atoms with Gasteiger partial charge in [-0.1, -0.05) is 124 Å². The highest BCUT2D eigenvalue weighted by Crippen LogP contribution is 2.46. The van der Waals surface area contributed by atoms with E-state index in [0.29, 0.717) is 0 Å². The van der Waals surface area contributed by atoms with Gasteiger partial charge in [0.1, 0.15) is 11.4 Å². The number of rotatable bonds is 7. The molecule has 0 radical (unpaired) electrons. The van der Waals surface area contributed by atoms with E-state index in [4.69, 9.17) is 10.8 Å². The summed E-state index contributed by atoms with van der Waals surface area (Å²) in [4.78, 5) is 0. The van der Waals surface area contributed by atoms with E-state index in [1.54, 1.807) is 0 Å². The molecule has 5 aromatic rings. The van der Waals surface area contributed by atoms with E-state index in [1.165, 1.54) is 0 Å². The van der Waals surface area contributed by atoms with E-state index >= 15 is 0 Å². The summed E-state index contributed by atoms with van der Waals surface area (Å²) < 4.78 is 2.14. The fourth-order valence-electron chi connectivity index (χ4n) is 5.41. The largest absolute Gasteiger partial charge is 0.399 e. The van der Waals surface area contributed by atoms with E-state index in [1.807, 2.05) is 18.3 Å². The number of nitrogens with two attached hydrogens (primary N) is 1. The van der Waals surface area contributed by atoms with Gasteiger partial charge in [-0.2, -0.15) is 5.10 Å². The maximum atomic E-state index is 6.07. The van der Waals surface area contributed by atoms with Gasteiger partial charge in [-0.3, -0.25) is 0 Å². The van der Waals surface area contributed by atoms with Gasteiger partial charge in [0.25, 0.3) is 0 Å². The van der Waals surface area contributed by atoms with Gasteiger partial charge in [-0.05, 0) is 46.7 Å². The lowest BCUT2D eigenvalue weighted by Crippen LogP contribution is -2.47. The van der Waals surface area contributed by atoms with Crippen LogP contribution < -0.4 is 11.1 Å². The Kier molecular flexibility index (Phi) is 6.58. The van der Waals surface area contributed by atoms with Crippen LogP contribution in [0.2, 0.25) is 0 Å². The number of nitrogen functional groups attached to an aromatic ring is 1. The normalized spacial score (nSPS) is 13.6. The first-order chi connectivity index (χ1) is 18.3. The van der Waals surface area contributed by atoms with Gasteiger partial charge >= 0.3 is 0 Å². The number of benzene rings is 4. The standard InChI is InChI=1S/C34H36N4/c1-32(2,3)33(4,26-20-22-30(35)23-21-26)38-31(24-25-36-38)37-34(27-14-8-5-9-15-27,28-16-10-6-11-17-28)29-18-12-7-13-19-29/h5-25,37H,35H2,1-4H3. The zero-order valence-corrected chi connectivity index (χ0v) is 22.6. The van der Waals surface area contributed by atoms with Gasteiger partial charge in [0, 0.05) is 11.8 Å². The first kappa shape index (κ1) is 25.3. The molecule has 5 rings (SSSR count). The van der Waals surface area contributed by atoms with Gasteiger partial charge in [-0.25, -0.2) is 4.68 Å². The van der Waals surface area contributed by atoms with Crippen LogP contribution in [0.5, 0.6) is 0 Å². The Balaban J connectivity index is 1.77. The van der Waals surface area contributed by atoms with Gasteiger partial charge in [0.05, 0.1) is 11.7 Å². The second-order valence-corrected chi connectivity index (χ2v) is 11.0. The summed E-state index contributed by atoms with van der Waals surface area (Å²) in [5.74, 6) is 0.927. The average molecular weight is 501 g/mol. The molecule has 0 bridgehead atoms. The molecule has 38 heavy (non-hydrogen) atoms.